The summed E-state index contributed by atoms with van der Waals surface area (Å²) in [6.07, 6.45) is 5.62. The zero-order valence-electron chi connectivity index (χ0n) is 15.0. The minimum atomic E-state index is -0.108. The van der Waals surface area contributed by atoms with E-state index in [9.17, 15) is 0 Å². The Balaban J connectivity index is 1.48. The maximum absolute atomic E-state index is 5.99. The molecule has 0 radical (unpaired) electrons. The number of aromatic nitrogens is 4. The van der Waals surface area contributed by atoms with Gasteiger partial charge >= 0.3 is 0 Å². The van der Waals surface area contributed by atoms with Gasteiger partial charge in [-0.05, 0) is 31.4 Å². The fourth-order valence-electron chi connectivity index (χ4n) is 3.28. The van der Waals surface area contributed by atoms with Crippen LogP contribution >= 0.6 is 0 Å². The number of nitrogens with zero attached hydrogens (tertiary/aromatic N) is 4. The molecule has 26 heavy (non-hydrogen) atoms. The maximum Gasteiger partial charge on any atom is 0.253 e. The fraction of sp³-hybridized carbons (Fsp3) is 0.421. The summed E-state index contributed by atoms with van der Waals surface area (Å²) >= 11 is 0. The van der Waals surface area contributed by atoms with Crippen LogP contribution < -0.4 is 4.74 Å². The zero-order valence-corrected chi connectivity index (χ0v) is 15.0. The summed E-state index contributed by atoms with van der Waals surface area (Å²) < 4.78 is 19.5. The molecule has 0 unspecified atom stereocenters. The van der Waals surface area contributed by atoms with Gasteiger partial charge in [-0.25, -0.2) is 0 Å². The van der Waals surface area contributed by atoms with Gasteiger partial charge in [-0.15, -0.1) is 10.2 Å². The minimum absolute atomic E-state index is 0.0349. The first kappa shape index (κ1) is 16.8. The molecule has 0 amide bonds. The third kappa shape index (κ3) is 3.48. The maximum atomic E-state index is 5.99. The fourth-order valence-corrected chi connectivity index (χ4v) is 3.28. The van der Waals surface area contributed by atoms with Crippen LogP contribution in [0, 0.1) is 6.92 Å². The lowest BCUT2D eigenvalue weighted by molar-refractivity contribution is -0.00945. The number of benzene rings is 1. The predicted octanol–water partition coefficient (Wildman–Crippen LogP) is 3.33. The van der Waals surface area contributed by atoms with Crippen LogP contribution in [0.4, 0.5) is 0 Å². The van der Waals surface area contributed by atoms with Crippen LogP contribution in [0.5, 0.6) is 5.75 Å². The van der Waals surface area contributed by atoms with E-state index in [4.69, 9.17) is 13.9 Å². The van der Waals surface area contributed by atoms with Crippen LogP contribution in [-0.4, -0.2) is 26.6 Å². The third-order valence-corrected chi connectivity index (χ3v) is 4.62. The first-order valence-corrected chi connectivity index (χ1v) is 8.81. The van der Waals surface area contributed by atoms with Gasteiger partial charge in [-0.1, -0.05) is 18.2 Å². The Morgan fingerprint density at radius 3 is 2.96 bits per heavy atom. The Morgan fingerprint density at radius 1 is 1.27 bits per heavy atom. The lowest BCUT2D eigenvalue weighted by Gasteiger charge is -2.28. The van der Waals surface area contributed by atoms with Crippen LogP contribution in [0.25, 0.3) is 0 Å². The van der Waals surface area contributed by atoms with Crippen LogP contribution in [-0.2, 0) is 18.4 Å². The van der Waals surface area contributed by atoms with E-state index in [1.165, 1.54) is 0 Å². The molecule has 4 rings (SSSR count). The minimum Gasteiger partial charge on any atom is -0.484 e. The van der Waals surface area contributed by atoms with Crippen molar-refractivity contribution in [3.05, 3.63) is 59.6 Å². The molecule has 7 nitrogen and oxygen atoms in total. The molecule has 1 saturated heterocycles. The summed E-state index contributed by atoms with van der Waals surface area (Å²) in [5, 5.41) is 12.7. The van der Waals surface area contributed by atoms with Crippen LogP contribution in [0.1, 0.15) is 47.8 Å². The van der Waals surface area contributed by atoms with E-state index in [-0.39, 0.29) is 18.6 Å². The molecular formula is C19H22N4O3. The van der Waals surface area contributed by atoms with Crippen molar-refractivity contribution in [3.63, 3.8) is 0 Å². The molecule has 1 fully saturated rings. The van der Waals surface area contributed by atoms with E-state index in [2.05, 4.69) is 15.3 Å². The molecule has 0 bridgehead atoms. The SMILES string of the molecule is Cc1ccccc1OCc1nnc([C@@H]2CCCO[C@H]2c2cnn(C)c2)o1. The summed E-state index contributed by atoms with van der Waals surface area (Å²) in [7, 11) is 1.90. The van der Waals surface area contributed by atoms with Crippen LogP contribution in [0.2, 0.25) is 0 Å². The third-order valence-electron chi connectivity index (χ3n) is 4.62. The molecule has 0 saturated carbocycles. The molecule has 3 heterocycles. The molecule has 1 aliphatic rings. The van der Waals surface area contributed by atoms with E-state index >= 15 is 0 Å². The summed E-state index contributed by atoms with van der Waals surface area (Å²) in [6.45, 7) is 2.99. The molecule has 3 aromatic rings. The van der Waals surface area contributed by atoms with E-state index in [1.54, 1.807) is 4.68 Å². The highest BCUT2D eigenvalue weighted by Crippen LogP contribution is 2.40. The van der Waals surface area contributed by atoms with Gasteiger partial charge in [0.05, 0.1) is 18.2 Å². The van der Waals surface area contributed by atoms with Crippen molar-refractivity contribution in [2.75, 3.05) is 6.61 Å². The van der Waals surface area contributed by atoms with Gasteiger partial charge in [-0.2, -0.15) is 5.10 Å². The van der Waals surface area contributed by atoms with Gasteiger partial charge in [0.15, 0.2) is 6.61 Å². The summed E-state index contributed by atoms with van der Waals surface area (Å²) in [6, 6.07) is 7.86. The van der Waals surface area contributed by atoms with E-state index in [0.29, 0.717) is 11.8 Å². The molecule has 2 aromatic heterocycles. The zero-order chi connectivity index (χ0) is 17.9. The Morgan fingerprint density at radius 2 is 2.15 bits per heavy atom. The number of hydrogen-bond acceptors (Lipinski definition) is 6. The van der Waals surface area contributed by atoms with Crippen molar-refractivity contribution < 1.29 is 13.9 Å². The summed E-state index contributed by atoms with van der Waals surface area (Å²) in [4.78, 5) is 0. The molecule has 0 N–H and O–H groups in total. The second-order valence-corrected chi connectivity index (χ2v) is 6.58. The number of hydrogen-bond donors (Lipinski definition) is 0. The molecule has 2 atom stereocenters. The van der Waals surface area contributed by atoms with Gasteiger partial charge in [0, 0.05) is 25.4 Å². The topological polar surface area (TPSA) is 75.2 Å². The molecule has 0 aliphatic carbocycles. The van der Waals surface area contributed by atoms with Crippen molar-refractivity contribution in [1.82, 2.24) is 20.0 Å². The van der Waals surface area contributed by atoms with Gasteiger partial charge in [0.25, 0.3) is 5.89 Å². The summed E-state index contributed by atoms with van der Waals surface area (Å²) in [5.41, 5.74) is 2.11. The van der Waals surface area contributed by atoms with Gasteiger partial charge < -0.3 is 13.9 Å². The second-order valence-electron chi connectivity index (χ2n) is 6.58. The van der Waals surface area contributed by atoms with Crippen LogP contribution in [0.3, 0.4) is 0 Å². The first-order valence-electron chi connectivity index (χ1n) is 8.81. The molecular weight excluding hydrogens is 332 g/mol. The highest BCUT2D eigenvalue weighted by molar-refractivity contribution is 5.31. The molecule has 7 heteroatoms. The second kappa shape index (κ2) is 7.29. The van der Waals surface area contributed by atoms with E-state index in [0.717, 1.165) is 36.3 Å². The Bertz CT molecular complexity index is 873. The smallest absolute Gasteiger partial charge is 0.253 e. The molecule has 136 valence electrons. The van der Waals surface area contributed by atoms with Gasteiger partial charge in [0.1, 0.15) is 5.75 Å². The normalized spacial score (nSPS) is 20.2. The van der Waals surface area contributed by atoms with Gasteiger partial charge in [-0.3, -0.25) is 4.68 Å². The Kier molecular flexibility index (Phi) is 4.71. The lowest BCUT2D eigenvalue weighted by atomic mass is 9.91. The largest absolute Gasteiger partial charge is 0.484 e. The van der Waals surface area contributed by atoms with Crippen molar-refractivity contribution >= 4 is 0 Å². The molecule has 0 spiro atoms. The Labute approximate surface area is 151 Å². The summed E-state index contributed by atoms with van der Waals surface area (Å²) in [5.74, 6) is 1.93. The first-order chi connectivity index (χ1) is 12.7. The van der Waals surface area contributed by atoms with Crippen LogP contribution in [0.15, 0.2) is 41.1 Å². The van der Waals surface area contributed by atoms with Crippen molar-refractivity contribution in [2.45, 2.75) is 38.4 Å². The highest BCUT2D eigenvalue weighted by atomic mass is 16.5. The van der Waals surface area contributed by atoms with Crippen molar-refractivity contribution in [1.29, 1.82) is 0 Å². The highest BCUT2D eigenvalue weighted by Gasteiger charge is 2.33. The monoisotopic (exact) mass is 354 g/mol. The lowest BCUT2D eigenvalue weighted by Crippen LogP contribution is -2.21. The van der Waals surface area contributed by atoms with Gasteiger partial charge in [0.2, 0.25) is 5.89 Å². The average molecular weight is 354 g/mol. The molecule has 1 aromatic carbocycles. The number of aryl methyl sites for hydroxylation is 2. The number of para-hydroxylation sites is 1. The average Bonchev–Trinajstić information content (AvgIpc) is 3.30. The quantitative estimate of drug-likeness (QED) is 0.700. The Hall–Kier alpha value is -2.67. The number of rotatable bonds is 5. The number of ether oxygens (including phenoxy) is 2. The van der Waals surface area contributed by atoms with E-state index in [1.807, 2.05) is 50.6 Å². The van der Waals surface area contributed by atoms with Crippen molar-refractivity contribution in [3.8, 4) is 5.75 Å². The molecule has 1 aliphatic heterocycles. The van der Waals surface area contributed by atoms with E-state index < -0.39 is 0 Å². The predicted molar refractivity (Wildman–Crippen MR) is 93.7 cm³/mol. The standard InChI is InChI=1S/C19H22N4O3/c1-13-6-3-4-8-16(13)25-12-17-21-22-19(26-17)15-7-5-9-24-18(15)14-10-20-23(2)11-14/h3-4,6,8,10-11,15,18H,5,7,9,12H2,1-2H3/t15-,18+/m1/s1. The van der Waals surface area contributed by atoms with Crippen molar-refractivity contribution in [2.24, 2.45) is 7.05 Å².